The number of nitro groups is 1. The summed E-state index contributed by atoms with van der Waals surface area (Å²) < 4.78 is 5.46. The number of H-pyrrole nitrogens is 1. The fourth-order valence-electron chi connectivity index (χ4n) is 5.65. The molecule has 2 aromatic carbocycles. The van der Waals surface area contributed by atoms with Gasteiger partial charge in [0.1, 0.15) is 5.75 Å². The number of piperidine rings is 1. The molecule has 1 fully saturated rings. The number of β-amino-alcohol motifs (C(OH)–C–C–N with tert-alkyl or cyclic N) is 1. The molecule has 0 saturated carbocycles. The Labute approximate surface area is 174 Å². The summed E-state index contributed by atoms with van der Waals surface area (Å²) in [6.07, 6.45) is 1.77. The van der Waals surface area contributed by atoms with Crippen molar-refractivity contribution in [1.29, 1.82) is 0 Å². The molecule has 2 heterocycles. The van der Waals surface area contributed by atoms with Crippen molar-refractivity contribution in [3.8, 4) is 5.75 Å². The number of likely N-dealkylation sites (N-methyl/N-ethyl adjacent to an activating group) is 1. The lowest BCUT2D eigenvalue weighted by atomic mass is 9.56. The van der Waals surface area contributed by atoms with Gasteiger partial charge in [-0.25, -0.2) is 0 Å². The quantitative estimate of drug-likeness (QED) is 0.514. The number of aromatic nitrogens is 1. The third-order valence-electron chi connectivity index (χ3n) is 7.10. The van der Waals surface area contributed by atoms with Gasteiger partial charge in [0.05, 0.1) is 28.5 Å². The van der Waals surface area contributed by atoms with Crippen LogP contribution in [0.1, 0.15) is 23.2 Å². The van der Waals surface area contributed by atoms with E-state index in [1.54, 1.807) is 13.2 Å². The molecule has 3 aromatic rings. The molecular weight excluding hydrogens is 382 g/mol. The molecule has 2 N–H and O–H groups in total. The highest BCUT2D eigenvalue weighted by Gasteiger charge is 2.57. The maximum Gasteiger partial charge on any atom is 0.279 e. The second-order valence-electron chi connectivity index (χ2n) is 8.73. The smallest absolute Gasteiger partial charge is 0.279 e. The van der Waals surface area contributed by atoms with E-state index in [0.717, 1.165) is 41.1 Å². The first-order chi connectivity index (χ1) is 14.4. The monoisotopic (exact) mass is 407 g/mol. The maximum atomic E-state index is 12.1. The Morgan fingerprint density at radius 3 is 2.80 bits per heavy atom. The molecule has 0 amide bonds. The minimum Gasteiger partial charge on any atom is -0.497 e. The van der Waals surface area contributed by atoms with Gasteiger partial charge in [0.25, 0.3) is 5.69 Å². The van der Waals surface area contributed by atoms with E-state index in [-0.39, 0.29) is 10.6 Å². The number of hydrogen-bond donors (Lipinski definition) is 2. The first kappa shape index (κ1) is 19.1. The lowest BCUT2D eigenvalue weighted by molar-refractivity contribution is -0.383. The van der Waals surface area contributed by atoms with Crippen molar-refractivity contribution in [2.45, 2.75) is 30.3 Å². The van der Waals surface area contributed by atoms with Crippen LogP contribution in [-0.4, -0.2) is 52.8 Å². The molecule has 0 bridgehead atoms. The van der Waals surface area contributed by atoms with E-state index >= 15 is 0 Å². The first-order valence-electron chi connectivity index (χ1n) is 10.2. The number of hydrogen-bond acceptors (Lipinski definition) is 5. The number of fused-ring (bicyclic) bond motifs is 4. The van der Waals surface area contributed by atoms with Gasteiger partial charge in [-0.1, -0.05) is 18.2 Å². The molecule has 5 rings (SSSR count). The molecule has 7 nitrogen and oxygen atoms in total. The van der Waals surface area contributed by atoms with Crippen molar-refractivity contribution in [3.05, 3.63) is 69.4 Å². The van der Waals surface area contributed by atoms with Crippen molar-refractivity contribution in [2.24, 2.45) is 0 Å². The van der Waals surface area contributed by atoms with Crippen LogP contribution in [0, 0.1) is 10.1 Å². The summed E-state index contributed by atoms with van der Waals surface area (Å²) in [5.41, 5.74) is 2.22. The number of non-ortho nitro benzene ring substituents is 1. The molecular formula is C23H25N3O4. The van der Waals surface area contributed by atoms with Gasteiger partial charge in [-0.3, -0.25) is 10.1 Å². The van der Waals surface area contributed by atoms with Gasteiger partial charge in [-0.15, -0.1) is 0 Å². The maximum absolute atomic E-state index is 12.1. The Morgan fingerprint density at radius 2 is 2.03 bits per heavy atom. The third-order valence-corrected chi connectivity index (χ3v) is 7.10. The second kappa shape index (κ2) is 6.55. The summed E-state index contributed by atoms with van der Waals surface area (Å²) in [7, 11) is 3.66. The molecule has 2 atom stereocenters. The number of nitro benzene ring substituents is 1. The SMILES string of the molecule is COc1cccc(C23CCN(C)CC2(O)Cc2c([nH]c4cccc([N+](=O)[O-])c24)C3)c1. The number of aromatic amines is 1. The molecule has 2 aliphatic rings. The summed E-state index contributed by atoms with van der Waals surface area (Å²) in [6, 6.07) is 13.1. The lowest BCUT2D eigenvalue weighted by Gasteiger charge is -2.55. The molecule has 1 saturated heterocycles. The number of nitrogens with zero attached hydrogens (tertiary/aromatic N) is 2. The van der Waals surface area contributed by atoms with Gasteiger partial charge >= 0.3 is 0 Å². The Morgan fingerprint density at radius 1 is 1.23 bits per heavy atom. The van der Waals surface area contributed by atoms with Crippen LogP contribution in [0.25, 0.3) is 10.9 Å². The number of aliphatic hydroxyl groups is 1. The minimum absolute atomic E-state index is 0.0895. The number of benzene rings is 2. The van der Waals surface area contributed by atoms with Crippen LogP contribution < -0.4 is 4.74 Å². The predicted molar refractivity (Wildman–Crippen MR) is 114 cm³/mol. The second-order valence-corrected chi connectivity index (χ2v) is 8.73. The molecule has 0 radical (unpaired) electrons. The Bertz CT molecular complexity index is 1160. The number of rotatable bonds is 3. The molecule has 1 aromatic heterocycles. The van der Waals surface area contributed by atoms with E-state index in [2.05, 4.69) is 16.0 Å². The largest absolute Gasteiger partial charge is 0.497 e. The molecule has 1 aliphatic heterocycles. The number of likely N-dealkylation sites (tertiary alicyclic amines) is 1. The zero-order valence-corrected chi connectivity index (χ0v) is 17.1. The third kappa shape index (κ3) is 2.58. The summed E-state index contributed by atoms with van der Waals surface area (Å²) in [5.74, 6) is 0.765. The van der Waals surface area contributed by atoms with Crippen molar-refractivity contribution in [1.82, 2.24) is 9.88 Å². The average molecular weight is 407 g/mol. The van der Waals surface area contributed by atoms with Crippen molar-refractivity contribution >= 4 is 16.6 Å². The van der Waals surface area contributed by atoms with Gasteiger partial charge in [0, 0.05) is 36.6 Å². The van der Waals surface area contributed by atoms with Crippen molar-refractivity contribution < 1.29 is 14.8 Å². The van der Waals surface area contributed by atoms with Crippen LogP contribution in [0.2, 0.25) is 0 Å². The van der Waals surface area contributed by atoms with Gasteiger partial charge < -0.3 is 19.7 Å². The molecule has 7 heteroatoms. The summed E-state index contributed by atoms with van der Waals surface area (Å²) in [4.78, 5) is 16.9. The molecule has 156 valence electrons. The summed E-state index contributed by atoms with van der Waals surface area (Å²) in [6.45, 7) is 1.38. The highest BCUT2D eigenvalue weighted by atomic mass is 16.6. The van der Waals surface area contributed by atoms with E-state index in [9.17, 15) is 15.2 Å². The van der Waals surface area contributed by atoms with Gasteiger partial charge in [-0.2, -0.15) is 0 Å². The highest BCUT2D eigenvalue weighted by molar-refractivity contribution is 5.93. The van der Waals surface area contributed by atoms with Crippen LogP contribution in [-0.2, 0) is 18.3 Å². The van der Waals surface area contributed by atoms with E-state index in [0.29, 0.717) is 24.8 Å². The predicted octanol–water partition coefficient (Wildman–Crippen LogP) is 3.19. The standard InChI is InChI=1S/C23H25N3O4/c1-25-10-9-22(15-5-3-6-16(11-15)30-2)13-19-17(12-23(22,27)14-25)21-18(24-19)7-4-8-20(21)26(28)29/h3-8,11,24,27H,9-10,12-14H2,1-2H3. The fraction of sp³-hybridized carbons (Fsp3) is 0.391. The van der Waals surface area contributed by atoms with E-state index in [1.165, 1.54) is 6.07 Å². The number of ether oxygens (including phenoxy) is 1. The fourth-order valence-corrected chi connectivity index (χ4v) is 5.65. The van der Waals surface area contributed by atoms with E-state index in [4.69, 9.17) is 4.74 Å². The molecule has 0 spiro atoms. The van der Waals surface area contributed by atoms with Crippen LogP contribution in [0.3, 0.4) is 0 Å². The van der Waals surface area contributed by atoms with Crippen LogP contribution >= 0.6 is 0 Å². The van der Waals surface area contributed by atoms with Gasteiger partial charge in [0.15, 0.2) is 0 Å². The Balaban J connectivity index is 1.74. The minimum atomic E-state index is -1.04. The first-order valence-corrected chi connectivity index (χ1v) is 10.2. The Hall–Kier alpha value is -2.90. The van der Waals surface area contributed by atoms with E-state index < -0.39 is 11.0 Å². The Kier molecular flexibility index (Phi) is 4.17. The molecule has 1 aliphatic carbocycles. The number of methoxy groups -OCH3 is 1. The highest BCUT2D eigenvalue weighted by Crippen LogP contribution is 2.52. The van der Waals surface area contributed by atoms with Gasteiger partial charge in [0.2, 0.25) is 0 Å². The number of nitrogens with one attached hydrogen (secondary N) is 1. The summed E-state index contributed by atoms with van der Waals surface area (Å²) in [5, 5.41) is 24.4. The van der Waals surface area contributed by atoms with Crippen molar-refractivity contribution in [3.63, 3.8) is 0 Å². The van der Waals surface area contributed by atoms with Crippen LogP contribution in [0.5, 0.6) is 5.75 Å². The van der Waals surface area contributed by atoms with Crippen LogP contribution in [0.4, 0.5) is 5.69 Å². The molecule has 2 unspecified atom stereocenters. The topological polar surface area (TPSA) is 91.6 Å². The zero-order valence-electron chi connectivity index (χ0n) is 17.1. The summed E-state index contributed by atoms with van der Waals surface area (Å²) >= 11 is 0. The lowest BCUT2D eigenvalue weighted by Crippen LogP contribution is -2.65. The molecule has 30 heavy (non-hydrogen) atoms. The van der Waals surface area contributed by atoms with E-state index in [1.807, 2.05) is 31.3 Å². The van der Waals surface area contributed by atoms with Crippen molar-refractivity contribution in [2.75, 3.05) is 27.2 Å². The average Bonchev–Trinajstić information content (AvgIpc) is 3.08. The normalized spacial score (nSPS) is 26.2. The van der Waals surface area contributed by atoms with Gasteiger partial charge in [-0.05, 0) is 49.3 Å². The van der Waals surface area contributed by atoms with Crippen LogP contribution in [0.15, 0.2) is 42.5 Å². The zero-order chi connectivity index (χ0) is 21.1.